The molecule has 1 heterocycles. The molecule has 0 spiro atoms. The summed E-state index contributed by atoms with van der Waals surface area (Å²) in [5.74, 6) is 0.393. The Hall–Kier alpha value is -0.400. The Labute approximate surface area is 115 Å². The number of ether oxygens (including phenoxy) is 1. The van der Waals surface area contributed by atoms with E-state index < -0.39 is 15.4 Å². The Bertz CT molecular complexity index is 384. The first-order valence-corrected chi connectivity index (χ1v) is 8.44. The standard InChI is InChI=1S/C11H22N2O3S2/c1-3-16-7-4-6-12-10(17)13-11(2)5-8-18(14,15)9-11/h3-9H2,1-2H3,(H2,12,13,17). The zero-order valence-electron chi connectivity index (χ0n) is 11.0. The summed E-state index contributed by atoms with van der Waals surface area (Å²) in [6, 6.07) is 0. The highest BCUT2D eigenvalue weighted by molar-refractivity contribution is 7.91. The van der Waals surface area contributed by atoms with Gasteiger partial charge in [-0.25, -0.2) is 8.42 Å². The van der Waals surface area contributed by atoms with Gasteiger partial charge in [-0.1, -0.05) is 0 Å². The van der Waals surface area contributed by atoms with Gasteiger partial charge in [-0.15, -0.1) is 0 Å². The summed E-state index contributed by atoms with van der Waals surface area (Å²) in [5, 5.41) is 6.69. The molecule has 0 radical (unpaired) electrons. The molecule has 0 aromatic heterocycles. The van der Waals surface area contributed by atoms with Crippen LogP contribution in [0.4, 0.5) is 0 Å². The third-order valence-electron chi connectivity index (χ3n) is 2.87. The first kappa shape index (κ1) is 15.7. The van der Waals surface area contributed by atoms with Crippen LogP contribution >= 0.6 is 12.2 Å². The lowest BCUT2D eigenvalue weighted by Gasteiger charge is -2.25. The molecule has 0 aliphatic carbocycles. The lowest BCUT2D eigenvalue weighted by Crippen LogP contribution is -2.51. The smallest absolute Gasteiger partial charge is 0.166 e. The number of nitrogens with one attached hydrogen (secondary N) is 2. The SMILES string of the molecule is CCOCCCNC(=S)NC1(C)CCS(=O)(=O)C1. The third kappa shape index (κ3) is 5.49. The quantitative estimate of drug-likeness (QED) is 0.548. The Kier molecular flexibility index (Phi) is 5.81. The van der Waals surface area contributed by atoms with Gasteiger partial charge < -0.3 is 15.4 Å². The van der Waals surface area contributed by atoms with E-state index in [0.29, 0.717) is 18.1 Å². The highest BCUT2D eigenvalue weighted by Crippen LogP contribution is 2.22. The summed E-state index contributed by atoms with van der Waals surface area (Å²) in [7, 11) is -2.90. The predicted octanol–water partition coefficient (Wildman–Crippen LogP) is 0.454. The zero-order chi connectivity index (χ0) is 13.6. The maximum atomic E-state index is 11.4. The summed E-state index contributed by atoms with van der Waals surface area (Å²) in [6.45, 7) is 6.01. The Morgan fingerprint density at radius 1 is 1.50 bits per heavy atom. The van der Waals surface area contributed by atoms with Gasteiger partial charge in [0.05, 0.1) is 17.0 Å². The third-order valence-corrected chi connectivity index (χ3v) is 5.02. The minimum Gasteiger partial charge on any atom is -0.382 e. The molecule has 1 atom stereocenters. The van der Waals surface area contributed by atoms with Crippen LogP contribution in [0.2, 0.25) is 0 Å². The van der Waals surface area contributed by atoms with Crippen LogP contribution in [0.5, 0.6) is 0 Å². The van der Waals surface area contributed by atoms with Crippen molar-refractivity contribution in [2.75, 3.05) is 31.3 Å². The Morgan fingerprint density at radius 2 is 2.22 bits per heavy atom. The van der Waals surface area contributed by atoms with Gasteiger partial charge >= 0.3 is 0 Å². The lowest BCUT2D eigenvalue weighted by molar-refractivity contribution is 0.145. The predicted molar refractivity (Wildman–Crippen MR) is 76.5 cm³/mol. The fourth-order valence-corrected chi connectivity index (χ4v) is 4.39. The number of hydrogen-bond acceptors (Lipinski definition) is 4. The van der Waals surface area contributed by atoms with Crippen molar-refractivity contribution < 1.29 is 13.2 Å². The fourth-order valence-electron chi connectivity index (χ4n) is 1.95. The van der Waals surface area contributed by atoms with E-state index in [1.165, 1.54) is 0 Å². The largest absolute Gasteiger partial charge is 0.382 e. The average molecular weight is 294 g/mol. The van der Waals surface area contributed by atoms with E-state index in [-0.39, 0.29) is 11.5 Å². The first-order valence-electron chi connectivity index (χ1n) is 6.21. The van der Waals surface area contributed by atoms with Crippen LogP contribution in [0, 0.1) is 0 Å². The number of rotatable bonds is 6. The minimum atomic E-state index is -2.90. The second-order valence-corrected chi connectivity index (χ2v) is 7.43. The monoisotopic (exact) mass is 294 g/mol. The maximum absolute atomic E-state index is 11.4. The molecule has 7 heteroatoms. The molecule has 1 fully saturated rings. The molecule has 2 N–H and O–H groups in total. The molecule has 1 saturated heterocycles. The fraction of sp³-hybridized carbons (Fsp3) is 0.909. The maximum Gasteiger partial charge on any atom is 0.166 e. The van der Waals surface area contributed by atoms with Crippen molar-refractivity contribution in [1.29, 1.82) is 0 Å². The van der Waals surface area contributed by atoms with Gasteiger partial charge in [-0.05, 0) is 38.9 Å². The van der Waals surface area contributed by atoms with E-state index in [1.54, 1.807) is 0 Å². The van der Waals surface area contributed by atoms with Gasteiger partial charge in [-0.3, -0.25) is 0 Å². The molecule has 5 nitrogen and oxygen atoms in total. The molecule has 0 amide bonds. The van der Waals surface area contributed by atoms with Crippen molar-refractivity contribution in [1.82, 2.24) is 10.6 Å². The van der Waals surface area contributed by atoms with Crippen molar-refractivity contribution >= 4 is 27.2 Å². The van der Waals surface area contributed by atoms with Crippen LogP contribution in [-0.4, -0.2) is 50.3 Å². The van der Waals surface area contributed by atoms with Gasteiger partial charge in [0.15, 0.2) is 14.9 Å². The van der Waals surface area contributed by atoms with Crippen LogP contribution in [0.1, 0.15) is 26.7 Å². The van der Waals surface area contributed by atoms with E-state index in [1.807, 2.05) is 13.8 Å². The van der Waals surface area contributed by atoms with Crippen LogP contribution in [0.3, 0.4) is 0 Å². The van der Waals surface area contributed by atoms with Crippen LogP contribution in [0.25, 0.3) is 0 Å². The number of hydrogen-bond donors (Lipinski definition) is 2. The molecular weight excluding hydrogens is 272 g/mol. The molecule has 0 aromatic carbocycles. The molecular formula is C11H22N2O3S2. The van der Waals surface area contributed by atoms with E-state index in [0.717, 1.165) is 19.6 Å². The Morgan fingerprint density at radius 3 is 2.78 bits per heavy atom. The lowest BCUT2D eigenvalue weighted by atomic mass is 10.0. The molecule has 1 aliphatic heterocycles. The van der Waals surface area contributed by atoms with Crippen LogP contribution in [-0.2, 0) is 14.6 Å². The topological polar surface area (TPSA) is 67.4 Å². The van der Waals surface area contributed by atoms with Gasteiger partial charge in [0.1, 0.15) is 0 Å². The summed E-state index contributed by atoms with van der Waals surface area (Å²) < 4.78 is 28.1. The molecule has 1 unspecified atom stereocenters. The summed E-state index contributed by atoms with van der Waals surface area (Å²) in [4.78, 5) is 0. The Balaban J connectivity index is 2.24. The van der Waals surface area contributed by atoms with Crippen molar-refractivity contribution in [3.05, 3.63) is 0 Å². The minimum absolute atomic E-state index is 0.154. The molecule has 0 saturated carbocycles. The highest BCUT2D eigenvalue weighted by atomic mass is 32.2. The van der Waals surface area contributed by atoms with Crippen LogP contribution in [0.15, 0.2) is 0 Å². The molecule has 106 valence electrons. The van der Waals surface area contributed by atoms with Crippen molar-refractivity contribution in [2.45, 2.75) is 32.2 Å². The first-order chi connectivity index (χ1) is 8.37. The number of thiocarbonyl (C=S) groups is 1. The van der Waals surface area contributed by atoms with Crippen molar-refractivity contribution in [3.63, 3.8) is 0 Å². The average Bonchev–Trinajstić information content (AvgIpc) is 2.52. The van der Waals surface area contributed by atoms with Crippen molar-refractivity contribution in [2.24, 2.45) is 0 Å². The van der Waals surface area contributed by atoms with E-state index in [2.05, 4.69) is 10.6 Å². The molecule has 1 aliphatic rings. The molecule has 0 aromatic rings. The second kappa shape index (κ2) is 6.68. The van der Waals surface area contributed by atoms with E-state index in [4.69, 9.17) is 17.0 Å². The number of sulfone groups is 1. The summed E-state index contributed by atoms with van der Waals surface area (Å²) >= 11 is 5.16. The van der Waals surface area contributed by atoms with Gasteiger partial charge in [0, 0.05) is 19.8 Å². The van der Waals surface area contributed by atoms with E-state index >= 15 is 0 Å². The van der Waals surface area contributed by atoms with Gasteiger partial charge in [0.25, 0.3) is 0 Å². The normalized spacial score (nSPS) is 25.9. The van der Waals surface area contributed by atoms with Gasteiger partial charge in [-0.2, -0.15) is 0 Å². The summed E-state index contributed by atoms with van der Waals surface area (Å²) in [6.07, 6.45) is 1.49. The summed E-state index contributed by atoms with van der Waals surface area (Å²) in [5.41, 5.74) is -0.428. The zero-order valence-corrected chi connectivity index (χ0v) is 12.6. The molecule has 1 rings (SSSR count). The highest BCUT2D eigenvalue weighted by Gasteiger charge is 2.38. The van der Waals surface area contributed by atoms with Crippen LogP contribution < -0.4 is 10.6 Å². The molecule has 18 heavy (non-hydrogen) atoms. The molecule has 0 bridgehead atoms. The van der Waals surface area contributed by atoms with Crippen molar-refractivity contribution in [3.8, 4) is 0 Å². The van der Waals surface area contributed by atoms with E-state index in [9.17, 15) is 8.42 Å². The van der Waals surface area contributed by atoms with Gasteiger partial charge in [0.2, 0.25) is 0 Å². The second-order valence-electron chi connectivity index (χ2n) is 4.83.